The lowest BCUT2D eigenvalue weighted by molar-refractivity contribution is -0.148. The Morgan fingerprint density at radius 3 is 1.87 bits per heavy atom. The number of nitrogens with one attached hydrogen (secondary N) is 1. The summed E-state index contributed by atoms with van der Waals surface area (Å²) >= 11 is 0. The largest absolute Gasteiger partial charge is 0.455 e. The maximum Gasteiger partial charge on any atom is 0.320 e. The summed E-state index contributed by atoms with van der Waals surface area (Å²) in [6, 6.07) is 25.1. The van der Waals surface area contributed by atoms with Gasteiger partial charge >= 0.3 is 5.97 Å². The summed E-state index contributed by atoms with van der Waals surface area (Å²) in [5.74, 6) is -1.36. The molecule has 0 aliphatic rings. The molecular formula is C24H23FN2O3. The van der Waals surface area contributed by atoms with Crippen molar-refractivity contribution in [3.63, 3.8) is 0 Å². The first-order valence-electron chi connectivity index (χ1n) is 9.60. The first kappa shape index (κ1) is 21.2. The van der Waals surface area contributed by atoms with Gasteiger partial charge in [-0.25, -0.2) is 4.39 Å². The third kappa shape index (κ3) is 7.14. The van der Waals surface area contributed by atoms with Gasteiger partial charge in [-0.15, -0.1) is 0 Å². The minimum absolute atomic E-state index is 0.0492. The number of rotatable bonds is 9. The lowest BCUT2D eigenvalue weighted by atomic mass is 10.1. The van der Waals surface area contributed by atoms with Crippen LogP contribution in [-0.2, 0) is 27.4 Å². The first-order valence-corrected chi connectivity index (χ1v) is 9.60. The van der Waals surface area contributed by atoms with Gasteiger partial charge < -0.3 is 10.1 Å². The zero-order chi connectivity index (χ0) is 21.2. The summed E-state index contributed by atoms with van der Waals surface area (Å²) in [5.41, 5.74) is 2.60. The highest BCUT2D eigenvalue weighted by Crippen LogP contribution is 2.11. The second-order valence-electron chi connectivity index (χ2n) is 6.83. The number of ether oxygens (including phenoxy) is 1. The van der Waals surface area contributed by atoms with E-state index in [-0.39, 0.29) is 6.54 Å². The van der Waals surface area contributed by atoms with Gasteiger partial charge in [-0.2, -0.15) is 0 Å². The van der Waals surface area contributed by atoms with E-state index >= 15 is 0 Å². The molecule has 0 radical (unpaired) electrons. The smallest absolute Gasteiger partial charge is 0.320 e. The van der Waals surface area contributed by atoms with Gasteiger partial charge in [0.15, 0.2) is 6.61 Å². The molecule has 0 bridgehead atoms. The lowest BCUT2D eigenvalue weighted by Gasteiger charge is -2.21. The molecule has 30 heavy (non-hydrogen) atoms. The molecule has 1 amide bonds. The van der Waals surface area contributed by atoms with Crippen LogP contribution in [0, 0.1) is 5.82 Å². The maximum absolute atomic E-state index is 12.9. The van der Waals surface area contributed by atoms with Crippen molar-refractivity contribution in [1.82, 2.24) is 4.90 Å². The SMILES string of the molecule is O=C(COC(=O)CN(Cc1ccccc1)Cc1ccccc1)Nc1ccc(F)cc1. The second-order valence-corrected chi connectivity index (χ2v) is 6.83. The first-order chi connectivity index (χ1) is 14.6. The molecule has 3 rings (SSSR count). The van der Waals surface area contributed by atoms with Crippen LogP contribution in [0.3, 0.4) is 0 Å². The molecule has 0 fully saturated rings. The molecule has 5 nitrogen and oxygen atoms in total. The number of carbonyl (C=O) groups excluding carboxylic acids is 2. The van der Waals surface area contributed by atoms with Gasteiger partial charge in [-0.3, -0.25) is 14.5 Å². The van der Waals surface area contributed by atoms with Crippen LogP contribution >= 0.6 is 0 Å². The second kappa shape index (κ2) is 10.9. The van der Waals surface area contributed by atoms with Crippen LogP contribution < -0.4 is 5.32 Å². The Morgan fingerprint density at radius 1 is 0.800 bits per heavy atom. The molecule has 0 aromatic heterocycles. The minimum atomic E-state index is -0.490. The van der Waals surface area contributed by atoms with Crippen molar-refractivity contribution in [3.05, 3.63) is 102 Å². The predicted molar refractivity (Wildman–Crippen MR) is 113 cm³/mol. The van der Waals surface area contributed by atoms with E-state index in [2.05, 4.69) is 5.32 Å². The number of hydrogen-bond acceptors (Lipinski definition) is 4. The Bertz CT molecular complexity index is 906. The summed E-state index contributed by atoms with van der Waals surface area (Å²) < 4.78 is 18.1. The Labute approximate surface area is 175 Å². The Morgan fingerprint density at radius 2 is 1.33 bits per heavy atom. The summed E-state index contributed by atoms with van der Waals surface area (Å²) in [6.07, 6.45) is 0. The fourth-order valence-electron chi connectivity index (χ4n) is 2.96. The van der Waals surface area contributed by atoms with Crippen molar-refractivity contribution in [1.29, 1.82) is 0 Å². The molecule has 6 heteroatoms. The maximum atomic E-state index is 12.9. The lowest BCUT2D eigenvalue weighted by Crippen LogP contribution is -2.32. The highest BCUT2D eigenvalue weighted by molar-refractivity contribution is 5.92. The molecule has 154 valence electrons. The predicted octanol–water partition coefficient (Wildman–Crippen LogP) is 4.01. The highest BCUT2D eigenvalue weighted by Gasteiger charge is 2.15. The molecule has 3 aromatic carbocycles. The van der Waals surface area contributed by atoms with Crippen LogP contribution in [0.1, 0.15) is 11.1 Å². The number of nitrogens with zero attached hydrogens (tertiary/aromatic N) is 1. The van der Waals surface area contributed by atoms with Crippen molar-refractivity contribution in [2.45, 2.75) is 13.1 Å². The van der Waals surface area contributed by atoms with E-state index < -0.39 is 24.3 Å². The minimum Gasteiger partial charge on any atom is -0.455 e. The van der Waals surface area contributed by atoms with E-state index in [1.165, 1.54) is 24.3 Å². The number of anilines is 1. The molecule has 1 N–H and O–H groups in total. The zero-order valence-corrected chi connectivity index (χ0v) is 16.5. The Balaban J connectivity index is 1.54. The fourth-order valence-corrected chi connectivity index (χ4v) is 2.96. The average molecular weight is 406 g/mol. The summed E-state index contributed by atoms with van der Waals surface area (Å²) in [6.45, 7) is 0.799. The molecule has 0 heterocycles. The van der Waals surface area contributed by atoms with Crippen molar-refractivity contribution < 1.29 is 18.7 Å². The number of hydrogen-bond donors (Lipinski definition) is 1. The van der Waals surface area contributed by atoms with Crippen molar-refractivity contribution in [3.8, 4) is 0 Å². The van der Waals surface area contributed by atoms with E-state index in [9.17, 15) is 14.0 Å². The zero-order valence-electron chi connectivity index (χ0n) is 16.5. The van der Waals surface area contributed by atoms with Gasteiger partial charge in [0.1, 0.15) is 5.82 Å². The van der Waals surface area contributed by atoms with Gasteiger partial charge in [0.05, 0.1) is 6.54 Å². The van der Waals surface area contributed by atoms with E-state index in [0.717, 1.165) is 11.1 Å². The van der Waals surface area contributed by atoms with Gasteiger partial charge in [0.2, 0.25) is 0 Å². The highest BCUT2D eigenvalue weighted by atomic mass is 19.1. The van der Waals surface area contributed by atoms with Crippen LogP contribution in [0.15, 0.2) is 84.9 Å². The van der Waals surface area contributed by atoms with Gasteiger partial charge in [-0.05, 0) is 35.4 Å². The van der Waals surface area contributed by atoms with Crippen LogP contribution in [0.5, 0.6) is 0 Å². The van der Waals surface area contributed by atoms with E-state index in [1.807, 2.05) is 65.6 Å². The monoisotopic (exact) mass is 406 g/mol. The summed E-state index contributed by atoms with van der Waals surface area (Å²) in [7, 11) is 0. The molecule has 0 saturated heterocycles. The van der Waals surface area contributed by atoms with Gasteiger partial charge in [-0.1, -0.05) is 60.7 Å². The van der Waals surface area contributed by atoms with E-state index in [4.69, 9.17) is 4.74 Å². The number of benzene rings is 3. The molecule has 0 aliphatic carbocycles. The van der Waals surface area contributed by atoms with E-state index in [1.54, 1.807) is 0 Å². The molecule has 0 saturated carbocycles. The number of esters is 1. The van der Waals surface area contributed by atoms with Crippen LogP contribution in [0.4, 0.5) is 10.1 Å². The van der Waals surface area contributed by atoms with Crippen molar-refractivity contribution >= 4 is 17.6 Å². The third-order valence-corrected chi connectivity index (χ3v) is 4.34. The summed E-state index contributed by atoms with van der Waals surface area (Å²) in [5, 5.41) is 2.56. The molecule has 0 atom stereocenters. The molecule has 0 unspecified atom stereocenters. The summed E-state index contributed by atoms with van der Waals surface area (Å²) in [4.78, 5) is 26.3. The molecule has 0 aliphatic heterocycles. The normalized spacial score (nSPS) is 10.6. The van der Waals surface area contributed by atoms with E-state index in [0.29, 0.717) is 18.8 Å². The van der Waals surface area contributed by atoms with Crippen molar-refractivity contribution in [2.24, 2.45) is 0 Å². The fraction of sp³-hybridized carbons (Fsp3) is 0.167. The van der Waals surface area contributed by atoms with Crippen LogP contribution in [0.2, 0.25) is 0 Å². The van der Waals surface area contributed by atoms with Crippen LogP contribution in [0.25, 0.3) is 0 Å². The topological polar surface area (TPSA) is 58.6 Å². The van der Waals surface area contributed by atoms with Gasteiger partial charge in [0.25, 0.3) is 5.91 Å². The third-order valence-electron chi connectivity index (χ3n) is 4.34. The molecular weight excluding hydrogens is 383 g/mol. The van der Waals surface area contributed by atoms with Crippen molar-refractivity contribution in [2.75, 3.05) is 18.5 Å². The Kier molecular flexibility index (Phi) is 7.69. The quantitative estimate of drug-likeness (QED) is 0.546. The number of carbonyl (C=O) groups is 2. The molecule has 3 aromatic rings. The average Bonchev–Trinajstić information content (AvgIpc) is 2.75. The standard InChI is InChI=1S/C24H23FN2O3/c25-21-11-13-22(14-12-21)26-23(28)18-30-24(29)17-27(15-19-7-3-1-4-8-19)16-20-9-5-2-6-10-20/h1-14H,15-18H2,(H,26,28). The van der Waals surface area contributed by atoms with Crippen LogP contribution in [-0.4, -0.2) is 29.9 Å². The molecule has 0 spiro atoms. The number of amides is 1. The number of halogens is 1. The Hall–Kier alpha value is -3.51. The van der Waals surface area contributed by atoms with Gasteiger partial charge in [0, 0.05) is 18.8 Å².